The molecule has 0 aliphatic heterocycles. The van der Waals surface area contributed by atoms with Crippen molar-refractivity contribution in [3.05, 3.63) is 70.8 Å². The summed E-state index contributed by atoms with van der Waals surface area (Å²) in [4.78, 5) is 0. The first-order valence-corrected chi connectivity index (χ1v) is 10.3. The smallest absolute Gasteiger partial charge is 0.0605 e. The quantitative estimate of drug-likeness (QED) is 0.523. The van der Waals surface area contributed by atoms with Crippen molar-refractivity contribution in [2.24, 2.45) is 10.2 Å². The Morgan fingerprint density at radius 1 is 0.429 bits per heavy atom. The number of fused-ring (bicyclic) bond motifs is 2. The lowest BCUT2D eigenvalue weighted by Crippen LogP contribution is -2.36. The summed E-state index contributed by atoms with van der Waals surface area (Å²) in [5, 5.41) is 10.0. The number of hydrogen-bond acceptors (Lipinski definition) is 2. The molecule has 2 heteroatoms. The molecular formula is C26H32N2. The Labute approximate surface area is 169 Å². The molecule has 0 unspecified atom stereocenters. The second-order valence-electron chi connectivity index (χ2n) is 10.5. The molecule has 0 atom stereocenters. The lowest BCUT2D eigenvalue weighted by Gasteiger charge is -2.28. The zero-order valence-corrected chi connectivity index (χ0v) is 18.5. The van der Waals surface area contributed by atoms with Crippen LogP contribution >= 0.6 is 0 Å². The molecule has 0 heterocycles. The summed E-state index contributed by atoms with van der Waals surface area (Å²) in [5.74, 6) is 0. The minimum absolute atomic E-state index is 0.121. The summed E-state index contributed by atoms with van der Waals surface area (Å²) in [6.45, 7) is 18.2. The fraction of sp³-hybridized carbons (Fsp3) is 0.462. The van der Waals surface area contributed by atoms with Crippen molar-refractivity contribution in [2.45, 2.75) is 77.0 Å². The molecule has 0 amide bonds. The average molecular weight is 373 g/mol. The topological polar surface area (TPSA) is 24.7 Å². The summed E-state index contributed by atoms with van der Waals surface area (Å²) in [6, 6.07) is 17.5. The maximum absolute atomic E-state index is 5.00. The molecule has 0 bridgehead atoms. The Kier molecular flexibility index (Phi) is 3.86. The average Bonchev–Trinajstić information content (AvgIpc) is 2.88. The van der Waals surface area contributed by atoms with Gasteiger partial charge in [0.15, 0.2) is 0 Å². The zero-order valence-electron chi connectivity index (χ0n) is 18.5. The molecule has 0 saturated carbocycles. The van der Waals surface area contributed by atoms with Crippen LogP contribution in [0.25, 0.3) is 0 Å². The van der Waals surface area contributed by atoms with Crippen LogP contribution in [-0.2, 0) is 21.7 Å². The summed E-state index contributed by atoms with van der Waals surface area (Å²) in [5.41, 5.74) is 7.29. The monoisotopic (exact) mass is 372 g/mol. The van der Waals surface area contributed by atoms with E-state index < -0.39 is 0 Å². The molecule has 0 spiro atoms. The van der Waals surface area contributed by atoms with E-state index in [1.54, 1.807) is 0 Å². The first-order chi connectivity index (χ1) is 12.9. The largest absolute Gasteiger partial charge is 0.158 e. The molecule has 2 aromatic carbocycles. The van der Waals surface area contributed by atoms with Gasteiger partial charge in [-0.1, -0.05) is 104 Å². The summed E-state index contributed by atoms with van der Waals surface area (Å²) < 4.78 is 0. The molecule has 0 N–H and O–H groups in total. The lowest BCUT2D eigenvalue weighted by atomic mass is 9.78. The van der Waals surface area contributed by atoms with E-state index in [1.165, 1.54) is 22.3 Å². The van der Waals surface area contributed by atoms with Crippen LogP contribution in [-0.4, -0.2) is 11.4 Å². The molecule has 0 radical (unpaired) electrons. The van der Waals surface area contributed by atoms with Gasteiger partial charge in [-0.05, 0) is 22.3 Å². The highest BCUT2D eigenvalue weighted by Gasteiger charge is 2.50. The molecular weight excluding hydrogens is 340 g/mol. The third-order valence-electron chi connectivity index (χ3n) is 7.17. The van der Waals surface area contributed by atoms with Crippen LogP contribution in [0.4, 0.5) is 0 Å². The highest BCUT2D eigenvalue weighted by molar-refractivity contribution is 6.09. The Bertz CT molecular complexity index is 859. The minimum atomic E-state index is -0.121. The van der Waals surface area contributed by atoms with Gasteiger partial charge in [0.2, 0.25) is 0 Å². The molecule has 2 nitrogen and oxygen atoms in total. The van der Waals surface area contributed by atoms with Crippen molar-refractivity contribution in [1.29, 1.82) is 0 Å². The maximum atomic E-state index is 5.00. The molecule has 2 aliphatic rings. The van der Waals surface area contributed by atoms with E-state index in [1.807, 2.05) is 0 Å². The SMILES string of the molecule is CC1(C)C(=NN=C2C(C)(C)c3ccccc3C2(C)C)C(C)(C)c2ccccc21. The summed E-state index contributed by atoms with van der Waals surface area (Å²) >= 11 is 0. The Balaban J connectivity index is 1.89. The molecule has 2 aromatic rings. The predicted molar refractivity (Wildman–Crippen MR) is 120 cm³/mol. The minimum Gasteiger partial charge on any atom is -0.158 e. The van der Waals surface area contributed by atoms with Crippen LogP contribution in [0.5, 0.6) is 0 Å². The number of rotatable bonds is 1. The van der Waals surface area contributed by atoms with Gasteiger partial charge in [0.1, 0.15) is 0 Å². The van der Waals surface area contributed by atoms with Crippen molar-refractivity contribution in [3.63, 3.8) is 0 Å². The van der Waals surface area contributed by atoms with Gasteiger partial charge in [-0.2, -0.15) is 10.2 Å². The maximum Gasteiger partial charge on any atom is 0.0605 e. The summed E-state index contributed by atoms with van der Waals surface area (Å²) in [6.07, 6.45) is 0. The van der Waals surface area contributed by atoms with Crippen molar-refractivity contribution < 1.29 is 0 Å². The van der Waals surface area contributed by atoms with E-state index in [2.05, 4.69) is 104 Å². The third kappa shape index (κ3) is 2.33. The fourth-order valence-electron chi connectivity index (χ4n) is 5.82. The van der Waals surface area contributed by atoms with Gasteiger partial charge in [0.05, 0.1) is 11.4 Å². The molecule has 2 aliphatic carbocycles. The van der Waals surface area contributed by atoms with E-state index in [4.69, 9.17) is 10.2 Å². The molecule has 0 saturated heterocycles. The standard InChI is InChI=1S/C26H32N2/c1-23(2)17-13-9-10-14-18(17)24(3,4)21(23)27-28-22-25(5,6)19-15-11-12-16-20(19)26(22,7)8/h9-16H,1-8H3. The zero-order chi connectivity index (χ0) is 20.5. The second-order valence-corrected chi connectivity index (χ2v) is 10.5. The van der Waals surface area contributed by atoms with Crippen LogP contribution in [0.1, 0.15) is 77.6 Å². The van der Waals surface area contributed by atoms with Crippen molar-refractivity contribution in [1.82, 2.24) is 0 Å². The van der Waals surface area contributed by atoms with E-state index in [0.29, 0.717) is 0 Å². The molecule has 0 fully saturated rings. The van der Waals surface area contributed by atoms with Gasteiger partial charge in [-0.15, -0.1) is 0 Å². The molecule has 4 rings (SSSR count). The number of hydrogen-bond donors (Lipinski definition) is 0. The van der Waals surface area contributed by atoms with Crippen molar-refractivity contribution >= 4 is 11.4 Å². The van der Waals surface area contributed by atoms with E-state index >= 15 is 0 Å². The highest BCUT2D eigenvalue weighted by Crippen LogP contribution is 2.49. The normalized spacial score (nSPS) is 22.6. The van der Waals surface area contributed by atoms with Crippen LogP contribution in [0.15, 0.2) is 58.7 Å². The highest BCUT2D eigenvalue weighted by atomic mass is 15.2. The van der Waals surface area contributed by atoms with Crippen molar-refractivity contribution in [3.8, 4) is 0 Å². The summed E-state index contributed by atoms with van der Waals surface area (Å²) in [7, 11) is 0. The van der Waals surface area contributed by atoms with Gasteiger partial charge in [0.25, 0.3) is 0 Å². The lowest BCUT2D eigenvalue weighted by molar-refractivity contribution is 0.659. The number of benzene rings is 2. The van der Waals surface area contributed by atoms with E-state index in [0.717, 1.165) is 11.4 Å². The van der Waals surface area contributed by atoms with Crippen LogP contribution in [0.3, 0.4) is 0 Å². The first-order valence-electron chi connectivity index (χ1n) is 10.3. The first kappa shape index (κ1) is 19.1. The van der Waals surface area contributed by atoms with Gasteiger partial charge in [0, 0.05) is 21.7 Å². The third-order valence-corrected chi connectivity index (χ3v) is 7.17. The molecule has 146 valence electrons. The van der Waals surface area contributed by atoms with Crippen LogP contribution in [0, 0.1) is 0 Å². The predicted octanol–water partition coefficient (Wildman–Crippen LogP) is 6.32. The van der Waals surface area contributed by atoms with Gasteiger partial charge >= 0.3 is 0 Å². The van der Waals surface area contributed by atoms with E-state index in [-0.39, 0.29) is 21.7 Å². The molecule has 0 aromatic heterocycles. The van der Waals surface area contributed by atoms with Gasteiger partial charge < -0.3 is 0 Å². The van der Waals surface area contributed by atoms with Crippen molar-refractivity contribution in [2.75, 3.05) is 0 Å². The Hall–Kier alpha value is -2.22. The number of nitrogens with zero attached hydrogens (tertiary/aromatic N) is 2. The van der Waals surface area contributed by atoms with E-state index in [9.17, 15) is 0 Å². The van der Waals surface area contributed by atoms with Crippen LogP contribution < -0.4 is 0 Å². The Morgan fingerprint density at radius 2 is 0.643 bits per heavy atom. The van der Waals surface area contributed by atoms with Gasteiger partial charge in [-0.25, -0.2) is 0 Å². The fourth-order valence-corrected chi connectivity index (χ4v) is 5.82. The molecule has 28 heavy (non-hydrogen) atoms. The van der Waals surface area contributed by atoms with Gasteiger partial charge in [-0.3, -0.25) is 0 Å². The Morgan fingerprint density at radius 3 is 0.857 bits per heavy atom. The second kappa shape index (κ2) is 5.65. The van der Waals surface area contributed by atoms with Crippen LogP contribution in [0.2, 0.25) is 0 Å².